The Morgan fingerprint density at radius 2 is 2.16 bits per heavy atom. The van der Waals surface area contributed by atoms with Gasteiger partial charge in [-0.3, -0.25) is 4.57 Å². The molecule has 1 saturated heterocycles. The lowest BCUT2D eigenvalue weighted by molar-refractivity contribution is -0.157. The lowest BCUT2D eigenvalue weighted by Gasteiger charge is -2.31. The molecule has 2 aliphatic rings. The van der Waals surface area contributed by atoms with Crippen molar-refractivity contribution >= 4 is 17.1 Å². The Labute approximate surface area is 141 Å². The third-order valence-electron chi connectivity index (χ3n) is 5.09. The number of nitrogens with two attached hydrogens (primary N) is 1. The molecule has 0 amide bonds. The van der Waals surface area contributed by atoms with Gasteiger partial charge in [0.25, 0.3) is 0 Å². The van der Waals surface area contributed by atoms with Crippen molar-refractivity contribution in [3.63, 3.8) is 0 Å². The van der Waals surface area contributed by atoms with Crippen molar-refractivity contribution in [1.29, 1.82) is 0 Å². The Balaban J connectivity index is 1.84. The van der Waals surface area contributed by atoms with Crippen molar-refractivity contribution in [2.24, 2.45) is 0 Å². The van der Waals surface area contributed by atoms with Crippen LogP contribution in [0.4, 0.5) is 10.3 Å². The third-order valence-corrected chi connectivity index (χ3v) is 5.09. The molecule has 0 spiro atoms. The second kappa shape index (κ2) is 4.75. The molecule has 1 aliphatic carbocycles. The van der Waals surface area contributed by atoms with Gasteiger partial charge < -0.3 is 30.5 Å². The van der Waals surface area contributed by atoms with E-state index >= 15 is 0 Å². The summed E-state index contributed by atoms with van der Waals surface area (Å²) >= 11 is 0. The number of aromatic nitrogens is 4. The van der Waals surface area contributed by atoms with Crippen LogP contribution in [0.25, 0.3) is 11.2 Å². The smallest absolute Gasteiger partial charge is 0.247 e. The summed E-state index contributed by atoms with van der Waals surface area (Å²) in [7, 11) is 0. The zero-order chi connectivity index (χ0) is 18.2. The average molecular weight is 355 g/mol. The molecule has 11 heteroatoms. The number of imidazole rings is 1. The Morgan fingerprint density at radius 1 is 1.44 bits per heavy atom. The molecular weight excluding hydrogens is 337 g/mol. The molecule has 0 aromatic carbocycles. The topological polar surface area (TPSA) is 149 Å². The Kier molecular flexibility index (Phi) is 3.12. The van der Waals surface area contributed by atoms with Crippen LogP contribution in [0.1, 0.15) is 20.1 Å². The van der Waals surface area contributed by atoms with Crippen LogP contribution in [0.15, 0.2) is 6.33 Å². The summed E-state index contributed by atoms with van der Waals surface area (Å²) in [6, 6.07) is 0. The molecule has 2 aromatic rings. The van der Waals surface area contributed by atoms with E-state index < -0.39 is 35.8 Å². The van der Waals surface area contributed by atoms with E-state index in [-0.39, 0.29) is 23.0 Å². The first kappa shape index (κ1) is 16.4. The molecule has 0 bridgehead atoms. The molecule has 136 valence electrons. The van der Waals surface area contributed by atoms with Crippen molar-refractivity contribution in [2.45, 2.75) is 43.1 Å². The van der Waals surface area contributed by atoms with Crippen LogP contribution in [0, 0.1) is 0 Å². The summed E-state index contributed by atoms with van der Waals surface area (Å²) in [5, 5.41) is 30.8. The molecule has 1 unspecified atom stereocenters. The van der Waals surface area contributed by atoms with E-state index in [0.29, 0.717) is 6.61 Å². The second-order valence-electron chi connectivity index (χ2n) is 6.44. The van der Waals surface area contributed by atoms with Gasteiger partial charge in [0.2, 0.25) is 11.8 Å². The van der Waals surface area contributed by atoms with Gasteiger partial charge in [-0.2, -0.15) is 9.97 Å². The summed E-state index contributed by atoms with van der Waals surface area (Å²) < 4.78 is 26.4. The molecule has 10 nitrogen and oxygen atoms in total. The molecule has 2 aromatic heterocycles. The maximum absolute atomic E-state index is 14.1. The van der Waals surface area contributed by atoms with Gasteiger partial charge in [0, 0.05) is 0 Å². The minimum atomic E-state index is -2.24. The number of alkyl halides is 1. The highest BCUT2D eigenvalue weighted by Crippen LogP contribution is 2.68. The number of rotatable bonds is 4. The van der Waals surface area contributed by atoms with E-state index in [4.69, 9.17) is 15.2 Å². The van der Waals surface area contributed by atoms with Crippen LogP contribution in [-0.2, 0) is 4.74 Å². The third kappa shape index (κ3) is 1.68. The molecule has 1 saturated carbocycles. The molecule has 2 fully saturated rings. The van der Waals surface area contributed by atoms with Crippen LogP contribution in [0.3, 0.4) is 0 Å². The lowest BCUT2D eigenvalue weighted by Crippen LogP contribution is -2.48. The number of nitrogens with zero attached hydrogens (tertiary/aromatic N) is 4. The number of hydrogen-bond donors (Lipinski definition) is 4. The number of hydrogen-bond acceptors (Lipinski definition) is 9. The Bertz CT molecular complexity index is 859. The number of aliphatic hydroxyl groups is 3. The first-order valence-electron chi connectivity index (χ1n) is 7.75. The first-order chi connectivity index (χ1) is 11.7. The predicted molar refractivity (Wildman–Crippen MR) is 81.3 cm³/mol. The average Bonchev–Trinajstić information content (AvgIpc) is 2.85. The molecule has 3 heterocycles. The molecular formula is C14H18FN5O5. The van der Waals surface area contributed by atoms with Crippen molar-refractivity contribution < 1.29 is 29.2 Å². The van der Waals surface area contributed by atoms with Crippen LogP contribution in [0.5, 0.6) is 5.88 Å². The zero-order valence-corrected chi connectivity index (χ0v) is 13.5. The molecule has 25 heavy (non-hydrogen) atoms. The molecule has 1 aliphatic heterocycles. The van der Waals surface area contributed by atoms with E-state index in [1.54, 1.807) is 6.92 Å². The number of anilines is 1. The van der Waals surface area contributed by atoms with Gasteiger partial charge in [-0.05, 0) is 13.8 Å². The Hall–Kier alpha value is -2.08. The molecule has 5 atom stereocenters. The first-order valence-corrected chi connectivity index (χ1v) is 7.75. The van der Waals surface area contributed by atoms with E-state index in [0.717, 1.165) is 0 Å². The SMILES string of the molecule is CCOc1nc(N)nc2c1ncn2[C@@H]1O[C@@]2(CO)C(F)[C@]2(O)[C@@]1(C)O. The number of fused-ring (bicyclic) bond motifs is 2. The maximum atomic E-state index is 14.1. The van der Waals surface area contributed by atoms with Crippen molar-refractivity contribution in [2.75, 3.05) is 18.9 Å². The summed E-state index contributed by atoms with van der Waals surface area (Å²) in [6.45, 7) is 2.54. The highest BCUT2D eigenvalue weighted by Gasteiger charge is 2.92. The normalized spacial score (nSPS) is 39.6. The predicted octanol–water partition coefficient (Wildman–Crippen LogP) is -1.10. The summed E-state index contributed by atoms with van der Waals surface area (Å²) in [5.41, 5.74) is -0.0211. The van der Waals surface area contributed by atoms with E-state index in [1.165, 1.54) is 17.8 Å². The van der Waals surface area contributed by atoms with Crippen molar-refractivity contribution in [3.05, 3.63) is 6.33 Å². The highest BCUT2D eigenvalue weighted by atomic mass is 19.1. The van der Waals surface area contributed by atoms with E-state index in [9.17, 15) is 19.7 Å². The number of nitrogen functional groups attached to an aromatic ring is 1. The van der Waals surface area contributed by atoms with Gasteiger partial charge in [0.1, 0.15) is 5.60 Å². The fourth-order valence-electron chi connectivity index (χ4n) is 3.66. The quantitative estimate of drug-likeness (QED) is 0.536. The summed E-state index contributed by atoms with van der Waals surface area (Å²) in [6.07, 6.45) is -1.86. The largest absolute Gasteiger partial charge is 0.476 e. The summed E-state index contributed by atoms with van der Waals surface area (Å²) in [4.78, 5) is 12.2. The monoisotopic (exact) mass is 355 g/mol. The van der Waals surface area contributed by atoms with Gasteiger partial charge in [0.05, 0.1) is 19.5 Å². The van der Waals surface area contributed by atoms with Gasteiger partial charge in [-0.15, -0.1) is 0 Å². The van der Waals surface area contributed by atoms with Crippen LogP contribution in [-0.4, -0.2) is 71.0 Å². The summed E-state index contributed by atoms with van der Waals surface area (Å²) in [5.74, 6) is 0.0740. The highest BCUT2D eigenvalue weighted by molar-refractivity contribution is 5.77. The van der Waals surface area contributed by atoms with E-state index in [2.05, 4.69) is 15.0 Å². The lowest BCUT2D eigenvalue weighted by atomic mass is 9.94. The van der Waals surface area contributed by atoms with Crippen molar-refractivity contribution in [1.82, 2.24) is 19.5 Å². The molecule has 5 N–H and O–H groups in total. The Morgan fingerprint density at radius 3 is 2.76 bits per heavy atom. The fourth-order valence-corrected chi connectivity index (χ4v) is 3.66. The van der Waals surface area contributed by atoms with Crippen molar-refractivity contribution in [3.8, 4) is 5.88 Å². The molecule has 4 rings (SSSR count). The van der Waals surface area contributed by atoms with Gasteiger partial charge in [-0.25, -0.2) is 9.37 Å². The fraction of sp³-hybridized carbons (Fsp3) is 0.643. The molecule has 0 radical (unpaired) electrons. The van der Waals surface area contributed by atoms with Gasteiger partial charge >= 0.3 is 0 Å². The number of ether oxygens (including phenoxy) is 2. The minimum Gasteiger partial charge on any atom is -0.476 e. The standard InChI is InChI=1S/C14H18FN5O5/c1-3-24-8-6-7(18-11(16)19-8)20(5-17-6)10-12(2,22)14(23)9(15)13(14,4-21)25-10/h5,9-10,21-23H,3-4H2,1-2H3,(H2,16,18,19)/t9?,10-,12+,13+,14+/m1/s1. The maximum Gasteiger partial charge on any atom is 0.247 e. The minimum absolute atomic E-state index is 0.0838. The van der Waals surface area contributed by atoms with Crippen LogP contribution >= 0.6 is 0 Å². The second-order valence-corrected chi connectivity index (χ2v) is 6.44. The number of aliphatic hydroxyl groups excluding tert-OH is 1. The van der Waals surface area contributed by atoms with Crippen LogP contribution < -0.4 is 10.5 Å². The van der Waals surface area contributed by atoms with Gasteiger partial charge in [-0.1, -0.05) is 0 Å². The van der Waals surface area contributed by atoms with E-state index in [1.807, 2.05) is 0 Å². The van der Waals surface area contributed by atoms with Gasteiger partial charge in [0.15, 0.2) is 34.8 Å². The zero-order valence-electron chi connectivity index (χ0n) is 13.5. The van der Waals surface area contributed by atoms with Crippen LogP contribution in [0.2, 0.25) is 0 Å². The number of halogens is 1.